The van der Waals surface area contributed by atoms with Gasteiger partial charge in [-0.25, -0.2) is 0 Å². The Labute approximate surface area is 213 Å². The molecule has 0 N–H and O–H groups in total. The molecule has 2 aromatic carbocycles. The van der Waals surface area contributed by atoms with E-state index in [0.29, 0.717) is 12.5 Å². The van der Waals surface area contributed by atoms with E-state index in [4.69, 9.17) is 9.72 Å². The number of pyridine rings is 1. The van der Waals surface area contributed by atoms with Gasteiger partial charge in [-0.2, -0.15) is 0 Å². The maximum Gasteiger partial charge on any atom is 0.123 e. The Bertz CT molecular complexity index is 1110. The Morgan fingerprint density at radius 1 is 0.914 bits per heavy atom. The number of aryl methyl sites for hydroxylation is 5. The third kappa shape index (κ3) is 6.73. The Morgan fingerprint density at radius 3 is 2.20 bits per heavy atom. The van der Waals surface area contributed by atoms with Crippen LogP contribution >= 0.6 is 0 Å². The molecule has 3 aromatic rings. The molecule has 35 heavy (non-hydrogen) atoms. The molecule has 3 rings (SSSR count). The van der Waals surface area contributed by atoms with Gasteiger partial charge in [-0.3, -0.25) is 4.98 Å². The Hall–Kier alpha value is -2.65. The van der Waals surface area contributed by atoms with Crippen LogP contribution < -0.4 is 4.74 Å². The minimum atomic E-state index is 0.480. The number of aromatic nitrogens is 1. The number of benzene rings is 2. The van der Waals surface area contributed by atoms with Crippen LogP contribution in [0.3, 0.4) is 0 Å². The van der Waals surface area contributed by atoms with Gasteiger partial charge in [0.25, 0.3) is 0 Å². The first-order valence-corrected chi connectivity index (χ1v) is 13.2. The lowest BCUT2D eigenvalue weighted by Gasteiger charge is -2.20. The van der Waals surface area contributed by atoms with Gasteiger partial charge < -0.3 is 9.64 Å². The SMILES string of the molecule is CCc1cccc(CC)c1-c1cc(CCCN(C)C)c(COc2cc(C(C)C)ccc2C)c(C)n1. The summed E-state index contributed by atoms with van der Waals surface area (Å²) in [4.78, 5) is 7.41. The van der Waals surface area contributed by atoms with Crippen molar-refractivity contribution in [1.29, 1.82) is 0 Å². The zero-order valence-corrected chi connectivity index (χ0v) is 23.2. The summed E-state index contributed by atoms with van der Waals surface area (Å²) >= 11 is 0. The molecule has 0 fully saturated rings. The normalized spacial score (nSPS) is 11.5. The summed E-state index contributed by atoms with van der Waals surface area (Å²) in [5.74, 6) is 1.46. The number of hydrogen-bond donors (Lipinski definition) is 0. The van der Waals surface area contributed by atoms with Crippen LogP contribution in [-0.2, 0) is 25.9 Å². The maximum atomic E-state index is 6.45. The molecule has 0 spiro atoms. The standard InChI is InChI=1S/C32H44N2O/c1-9-25-13-11-14-26(10-2)32(25)30-19-28(15-12-18-34(7)8)29(24(6)33-30)21-35-31-20-27(22(3)4)17-16-23(31)5/h11,13-14,16-17,19-20,22H,9-10,12,15,18,21H2,1-8H3. The molecular weight excluding hydrogens is 428 g/mol. The molecule has 0 aliphatic heterocycles. The molecule has 0 aliphatic rings. The highest BCUT2D eigenvalue weighted by molar-refractivity contribution is 5.69. The fourth-order valence-corrected chi connectivity index (χ4v) is 4.75. The first kappa shape index (κ1) is 26.9. The Kier molecular flexibility index (Phi) is 9.51. The van der Waals surface area contributed by atoms with Crippen LogP contribution in [-0.4, -0.2) is 30.5 Å². The first-order valence-electron chi connectivity index (χ1n) is 13.2. The number of hydrogen-bond acceptors (Lipinski definition) is 3. The molecule has 188 valence electrons. The van der Waals surface area contributed by atoms with E-state index >= 15 is 0 Å². The maximum absolute atomic E-state index is 6.45. The molecule has 0 aliphatic carbocycles. The monoisotopic (exact) mass is 472 g/mol. The molecule has 0 radical (unpaired) electrons. The van der Waals surface area contributed by atoms with E-state index in [-0.39, 0.29) is 0 Å². The summed E-state index contributed by atoms with van der Waals surface area (Å²) in [7, 11) is 4.28. The van der Waals surface area contributed by atoms with Gasteiger partial charge in [0, 0.05) is 16.8 Å². The van der Waals surface area contributed by atoms with Gasteiger partial charge in [0.15, 0.2) is 0 Å². The highest BCUT2D eigenvalue weighted by atomic mass is 16.5. The predicted octanol–water partition coefficient (Wildman–Crippen LogP) is 7.69. The van der Waals surface area contributed by atoms with Crippen LogP contribution in [0.4, 0.5) is 0 Å². The third-order valence-electron chi connectivity index (χ3n) is 6.98. The van der Waals surface area contributed by atoms with Crippen molar-refractivity contribution in [3.63, 3.8) is 0 Å². The molecule has 0 atom stereocenters. The van der Waals surface area contributed by atoms with Gasteiger partial charge in [-0.15, -0.1) is 0 Å². The van der Waals surface area contributed by atoms with E-state index in [2.05, 4.69) is 103 Å². The van der Waals surface area contributed by atoms with Crippen molar-refractivity contribution in [2.24, 2.45) is 0 Å². The van der Waals surface area contributed by atoms with E-state index in [1.54, 1.807) is 0 Å². The van der Waals surface area contributed by atoms with Crippen molar-refractivity contribution < 1.29 is 4.74 Å². The van der Waals surface area contributed by atoms with Gasteiger partial charge >= 0.3 is 0 Å². The fourth-order valence-electron chi connectivity index (χ4n) is 4.75. The smallest absolute Gasteiger partial charge is 0.123 e. The molecule has 0 saturated carbocycles. The van der Waals surface area contributed by atoms with Crippen molar-refractivity contribution in [3.8, 4) is 17.0 Å². The topological polar surface area (TPSA) is 25.4 Å². The van der Waals surface area contributed by atoms with Crippen LogP contribution in [0.5, 0.6) is 5.75 Å². The van der Waals surface area contributed by atoms with Gasteiger partial charge in [-0.05, 0) is 106 Å². The van der Waals surface area contributed by atoms with Crippen molar-refractivity contribution in [2.75, 3.05) is 20.6 Å². The number of nitrogens with zero attached hydrogens (tertiary/aromatic N) is 2. The predicted molar refractivity (Wildman–Crippen MR) is 150 cm³/mol. The summed E-state index contributed by atoms with van der Waals surface area (Å²) in [6.45, 7) is 14.8. The molecule has 3 nitrogen and oxygen atoms in total. The molecule has 0 unspecified atom stereocenters. The third-order valence-corrected chi connectivity index (χ3v) is 6.98. The summed E-state index contributed by atoms with van der Waals surface area (Å²) in [5, 5.41) is 0. The molecule has 0 amide bonds. The van der Waals surface area contributed by atoms with Crippen LogP contribution in [0.25, 0.3) is 11.3 Å². The second kappa shape index (κ2) is 12.4. The van der Waals surface area contributed by atoms with E-state index in [0.717, 1.165) is 49.4 Å². The van der Waals surface area contributed by atoms with Crippen molar-refractivity contribution >= 4 is 0 Å². The van der Waals surface area contributed by atoms with Crippen LogP contribution in [0.1, 0.15) is 79.1 Å². The number of ether oxygens (including phenoxy) is 1. The van der Waals surface area contributed by atoms with Gasteiger partial charge in [0.05, 0.1) is 5.69 Å². The van der Waals surface area contributed by atoms with E-state index in [1.807, 2.05) is 0 Å². The molecule has 1 aromatic heterocycles. The lowest BCUT2D eigenvalue weighted by atomic mass is 9.92. The summed E-state index contributed by atoms with van der Waals surface area (Å²) in [5.41, 5.74) is 11.3. The lowest BCUT2D eigenvalue weighted by molar-refractivity contribution is 0.300. The molecule has 3 heteroatoms. The quantitative estimate of drug-likeness (QED) is 0.286. The Morgan fingerprint density at radius 2 is 1.60 bits per heavy atom. The van der Waals surface area contributed by atoms with Gasteiger partial charge in [-0.1, -0.05) is 58.0 Å². The van der Waals surface area contributed by atoms with Crippen LogP contribution in [0.2, 0.25) is 0 Å². The minimum absolute atomic E-state index is 0.480. The van der Waals surface area contributed by atoms with Crippen LogP contribution in [0.15, 0.2) is 42.5 Å². The van der Waals surface area contributed by atoms with Crippen molar-refractivity contribution in [2.45, 2.75) is 79.8 Å². The van der Waals surface area contributed by atoms with Gasteiger partial charge in [0.1, 0.15) is 12.4 Å². The molecule has 1 heterocycles. The second-order valence-electron chi connectivity index (χ2n) is 10.3. The van der Waals surface area contributed by atoms with Crippen molar-refractivity contribution in [1.82, 2.24) is 9.88 Å². The zero-order valence-electron chi connectivity index (χ0n) is 23.2. The number of rotatable bonds is 11. The second-order valence-corrected chi connectivity index (χ2v) is 10.3. The Balaban J connectivity index is 2.01. The van der Waals surface area contributed by atoms with Crippen molar-refractivity contribution in [3.05, 3.63) is 81.5 Å². The lowest BCUT2D eigenvalue weighted by Crippen LogP contribution is -2.14. The molecular formula is C32H44N2O. The van der Waals surface area contributed by atoms with Crippen LogP contribution in [0, 0.1) is 13.8 Å². The largest absolute Gasteiger partial charge is 0.489 e. The average Bonchev–Trinajstić information content (AvgIpc) is 2.83. The zero-order chi connectivity index (χ0) is 25.5. The highest BCUT2D eigenvalue weighted by Gasteiger charge is 2.16. The first-order chi connectivity index (χ1) is 16.7. The summed E-state index contributed by atoms with van der Waals surface area (Å²) < 4.78 is 6.45. The summed E-state index contributed by atoms with van der Waals surface area (Å²) in [6, 6.07) is 15.6. The minimum Gasteiger partial charge on any atom is -0.489 e. The fraction of sp³-hybridized carbons (Fsp3) is 0.469. The van der Waals surface area contributed by atoms with Gasteiger partial charge in [0.2, 0.25) is 0 Å². The van der Waals surface area contributed by atoms with E-state index < -0.39 is 0 Å². The average molecular weight is 473 g/mol. The molecule has 0 saturated heterocycles. The summed E-state index contributed by atoms with van der Waals surface area (Å²) in [6.07, 6.45) is 4.15. The van der Waals surface area contributed by atoms with E-state index in [1.165, 1.54) is 38.9 Å². The highest BCUT2D eigenvalue weighted by Crippen LogP contribution is 2.32. The molecule has 0 bridgehead atoms. The van der Waals surface area contributed by atoms with E-state index in [9.17, 15) is 0 Å².